The van der Waals surface area contributed by atoms with Crippen LogP contribution in [0.15, 0.2) is 42.5 Å². The van der Waals surface area contributed by atoms with Crippen LogP contribution in [-0.4, -0.2) is 104 Å². The van der Waals surface area contributed by atoms with E-state index >= 15 is 0 Å². The molecule has 1 aromatic carbocycles. The second kappa shape index (κ2) is 12.0. The molecule has 3 saturated carbocycles. The van der Waals surface area contributed by atoms with Gasteiger partial charge in [-0.25, -0.2) is 4.79 Å². The van der Waals surface area contributed by atoms with Gasteiger partial charge in [-0.3, -0.25) is 4.79 Å². The largest absolute Gasteiger partial charge is 0.465 e. The van der Waals surface area contributed by atoms with Crippen LogP contribution in [0.4, 0.5) is 0 Å². The van der Waals surface area contributed by atoms with Crippen molar-refractivity contribution in [2.75, 3.05) is 13.2 Å². The Balaban J connectivity index is 1.40. The van der Waals surface area contributed by atoms with E-state index in [1.165, 1.54) is 6.92 Å². The van der Waals surface area contributed by atoms with Crippen molar-refractivity contribution in [3.8, 4) is 0 Å². The number of hydrogen-bond donors (Lipinski definition) is 4. The second-order valence-corrected chi connectivity index (χ2v) is 16.6. The number of carbonyl (C=O) groups is 2. The van der Waals surface area contributed by atoms with E-state index in [0.29, 0.717) is 18.4 Å². The summed E-state index contributed by atoms with van der Waals surface area (Å²) in [6, 6.07) is 8.49. The second-order valence-electron chi connectivity index (χ2n) is 16.6. The summed E-state index contributed by atoms with van der Waals surface area (Å²) < 4.78 is 39.6. The summed E-state index contributed by atoms with van der Waals surface area (Å²) in [4.78, 5) is 26.4. The molecule has 12 heteroatoms. The molecule has 0 radical (unpaired) electrons. The minimum absolute atomic E-state index is 0.0616. The van der Waals surface area contributed by atoms with Crippen LogP contribution in [0.1, 0.15) is 83.0 Å². The molecular formula is C39H52O12. The van der Waals surface area contributed by atoms with E-state index in [-0.39, 0.29) is 24.5 Å². The summed E-state index contributed by atoms with van der Waals surface area (Å²) in [5, 5.41) is 49.5. The van der Waals surface area contributed by atoms with Crippen LogP contribution in [-0.2, 0) is 33.2 Å². The smallest absolute Gasteiger partial charge is 0.338 e. The number of benzene rings is 1. The van der Waals surface area contributed by atoms with Crippen LogP contribution >= 0.6 is 0 Å². The first kappa shape index (κ1) is 35.6. The maximum atomic E-state index is 13.9. The summed E-state index contributed by atoms with van der Waals surface area (Å²) in [5.41, 5.74) is -5.76. The molecule has 8 rings (SSSR count). The zero-order chi connectivity index (χ0) is 36.3. The molecule has 1 aromatic rings. The third-order valence-corrected chi connectivity index (χ3v) is 14.0. The van der Waals surface area contributed by atoms with Gasteiger partial charge in [0.15, 0.2) is 0 Å². The quantitative estimate of drug-likeness (QED) is 0.193. The third-order valence-electron chi connectivity index (χ3n) is 14.0. The number of aliphatic hydroxyl groups is 4. The molecule has 0 aromatic heterocycles. The summed E-state index contributed by atoms with van der Waals surface area (Å²) >= 11 is 0. The van der Waals surface area contributed by atoms with Crippen molar-refractivity contribution in [2.45, 2.75) is 132 Å². The highest BCUT2D eigenvalue weighted by molar-refractivity contribution is 5.89. The first-order valence-electron chi connectivity index (χ1n) is 18.7. The minimum atomic E-state index is -2.24. The molecular weight excluding hydrogens is 660 g/mol. The van der Waals surface area contributed by atoms with Crippen molar-refractivity contribution >= 4 is 11.9 Å². The predicted molar refractivity (Wildman–Crippen MR) is 179 cm³/mol. The minimum Gasteiger partial charge on any atom is -0.465 e. The number of rotatable bonds is 6. The van der Waals surface area contributed by atoms with Crippen molar-refractivity contribution in [3.63, 3.8) is 0 Å². The summed E-state index contributed by atoms with van der Waals surface area (Å²) in [7, 11) is 0. The fourth-order valence-electron chi connectivity index (χ4n) is 11.8. The third kappa shape index (κ3) is 4.66. The first-order valence-corrected chi connectivity index (χ1v) is 18.7. The molecule has 7 aliphatic rings. The topological polar surface area (TPSA) is 174 Å². The Morgan fingerprint density at radius 3 is 2.35 bits per heavy atom. The van der Waals surface area contributed by atoms with Gasteiger partial charge < -0.3 is 48.8 Å². The monoisotopic (exact) mass is 712 g/mol. The molecule has 4 aliphatic heterocycles. The Labute approximate surface area is 298 Å². The number of ether oxygens (including phenoxy) is 6. The molecule has 12 nitrogen and oxygen atoms in total. The number of aliphatic hydroxyl groups excluding tert-OH is 3. The molecule has 4 heterocycles. The average Bonchev–Trinajstić information content (AvgIpc) is 3.74. The molecule has 1 unspecified atom stereocenters. The maximum absolute atomic E-state index is 13.9. The van der Waals surface area contributed by atoms with Crippen LogP contribution in [0.3, 0.4) is 0 Å². The van der Waals surface area contributed by atoms with E-state index in [1.807, 2.05) is 13.8 Å². The molecule has 4 saturated heterocycles. The Kier molecular flexibility index (Phi) is 8.41. The maximum Gasteiger partial charge on any atom is 0.338 e. The number of esters is 2. The van der Waals surface area contributed by atoms with E-state index in [1.54, 1.807) is 30.3 Å². The van der Waals surface area contributed by atoms with E-state index in [0.717, 1.165) is 25.7 Å². The fraction of sp³-hybridized carbons (Fsp3) is 0.744. The molecule has 3 bridgehead atoms. The Morgan fingerprint density at radius 1 is 0.980 bits per heavy atom. The van der Waals surface area contributed by atoms with Crippen LogP contribution in [0.25, 0.3) is 0 Å². The van der Waals surface area contributed by atoms with Crippen molar-refractivity contribution in [1.29, 1.82) is 0 Å². The van der Waals surface area contributed by atoms with Crippen LogP contribution in [0.5, 0.6) is 0 Å². The SMILES string of the molecule is C=C(C)[C@]12C[C@@H](COC(C)=O)[C@@]34OC5(O[C@@H]1[C@@H]3[C@@H]1O[C@]1(CO)[C@@H](O)[C@@]1(O)[C@H]4[C@H]([C@H](C)[C@@H]1OC(=O)c1ccccc1)[C@H](C)CCCCCC[C@H]5O)O2. The molecule has 7 fully saturated rings. The van der Waals surface area contributed by atoms with Gasteiger partial charge >= 0.3 is 17.9 Å². The zero-order valence-electron chi connectivity index (χ0n) is 29.9. The average molecular weight is 713 g/mol. The number of epoxide rings is 1. The zero-order valence-corrected chi connectivity index (χ0v) is 29.9. The molecule has 16 atom stereocenters. The van der Waals surface area contributed by atoms with Crippen molar-refractivity contribution in [3.05, 3.63) is 48.0 Å². The van der Waals surface area contributed by atoms with Gasteiger partial charge in [-0.2, -0.15) is 0 Å². The van der Waals surface area contributed by atoms with E-state index in [9.17, 15) is 30.0 Å². The standard InChI is InChI=1S/C39H52O12/c1-20(2)35-17-25(18-46-23(5)41)38-28-31(35)49-39(50-35,51-38)26(42)16-12-7-6-9-13-21(3)27-22(4)30(47-33(43)24-14-10-8-11-15-24)37(45,29(27)38)34(44)36(19-40)32(28)48-36/h8,10-11,14-15,21-22,25-32,34,40,42,44-45H,1,6-7,9,12-13,16-19H2,2-5H3/t21-,22+,25+,26-,27+,28-,29-,30+,31-,32+,34-,35-,36+,37-,38-,39?/m1/s1. The summed E-state index contributed by atoms with van der Waals surface area (Å²) in [5.74, 6) is -6.61. The predicted octanol–water partition coefficient (Wildman–Crippen LogP) is 3.03. The van der Waals surface area contributed by atoms with Crippen molar-refractivity contribution < 1.29 is 58.4 Å². The Morgan fingerprint density at radius 2 is 1.69 bits per heavy atom. The van der Waals surface area contributed by atoms with E-state index in [4.69, 9.17) is 28.4 Å². The molecule has 280 valence electrons. The van der Waals surface area contributed by atoms with Gasteiger partial charge in [0.05, 0.1) is 24.4 Å². The van der Waals surface area contributed by atoms with E-state index in [2.05, 4.69) is 13.5 Å². The van der Waals surface area contributed by atoms with Crippen LogP contribution < -0.4 is 0 Å². The van der Waals surface area contributed by atoms with Gasteiger partial charge in [-0.1, -0.05) is 70.7 Å². The highest BCUT2D eigenvalue weighted by atomic mass is 16.9. The molecule has 3 aliphatic carbocycles. The van der Waals surface area contributed by atoms with Gasteiger partial charge in [-0.05, 0) is 55.2 Å². The van der Waals surface area contributed by atoms with Gasteiger partial charge in [0.1, 0.15) is 47.3 Å². The Hall–Kier alpha value is -2.42. The molecule has 51 heavy (non-hydrogen) atoms. The van der Waals surface area contributed by atoms with Crippen LogP contribution in [0.2, 0.25) is 0 Å². The number of fused-ring (bicyclic) bond motifs is 1. The highest BCUT2D eigenvalue weighted by Gasteiger charge is 2.91. The molecule has 0 amide bonds. The van der Waals surface area contributed by atoms with E-state index < -0.39 is 107 Å². The first-order chi connectivity index (χ1) is 24.2. The molecule has 4 N–H and O–H groups in total. The normalized spacial score (nSPS) is 50.9. The summed E-state index contributed by atoms with van der Waals surface area (Å²) in [6.07, 6.45) is -1.27. The number of hydrogen-bond acceptors (Lipinski definition) is 12. The van der Waals surface area contributed by atoms with Gasteiger partial charge in [0, 0.05) is 24.7 Å². The van der Waals surface area contributed by atoms with Crippen LogP contribution in [0, 0.1) is 35.5 Å². The van der Waals surface area contributed by atoms with Gasteiger partial charge in [0.2, 0.25) is 0 Å². The Bertz CT molecular complexity index is 1570. The lowest BCUT2D eigenvalue weighted by molar-refractivity contribution is -0.459. The lowest BCUT2D eigenvalue weighted by Crippen LogP contribution is -2.75. The van der Waals surface area contributed by atoms with Gasteiger partial charge in [0.25, 0.3) is 0 Å². The van der Waals surface area contributed by atoms with Crippen molar-refractivity contribution in [2.24, 2.45) is 35.5 Å². The number of carbonyl (C=O) groups excluding carboxylic acids is 2. The highest BCUT2D eigenvalue weighted by Crippen LogP contribution is 2.75. The summed E-state index contributed by atoms with van der Waals surface area (Å²) in [6.45, 7) is 10.8. The fourth-order valence-corrected chi connectivity index (χ4v) is 11.8. The van der Waals surface area contributed by atoms with Gasteiger partial charge in [-0.15, -0.1) is 0 Å². The lowest BCUT2D eigenvalue weighted by Gasteiger charge is -2.62. The lowest BCUT2D eigenvalue weighted by atomic mass is 9.51. The molecule has 2 spiro atoms. The van der Waals surface area contributed by atoms with Crippen molar-refractivity contribution in [1.82, 2.24) is 0 Å².